The zero-order valence-corrected chi connectivity index (χ0v) is 13.9. The van der Waals surface area contributed by atoms with Gasteiger partial charge in [0.05, 0.1) is 6.54 Å². The van der Waals surface area contributed by atoms with Crippen molar-refractivity contribution in [3.05, 3.63) is 60.2 Å². The molecule has 0 radical (unpaired) electrons. The summed E-state index contributed by atoms with van der Waals surface area (Å²) in [6, 6.07) is 16.7. The Morgan fingerprint density at radius 2 is 1.62 bits per heavy atom. The Morgan fingerprint density at radius 3 is 2.33 bits per heavy atom. The first-order chi connectivity index (χ1) is 11.6. The molecule has 0 heterocycles. The van der Waals surface area contributed by atoms with Crippen LogP contribution in [0.5, 0.6) is 5.75 Å². The van der Waals surface area contributed by atoms with Gasteiger partial charge in [0.15, 0.2) is 6.61 Å². The number of nitrogens with one attached hydrogen (secondary N) is 2. The molecule has 0 spiro atoms. The van der Waals surface area contributed by atoms with E-state index in [1.165, 1.54) is 0 Å². The summed E-state index contributed by atoms with van der Waals surface area (Å²) < 4.78 is 5.33. The lowest BCUT2D eigenvalue weighted by atomic mass is 10.0. The third kappa shape index (κ3) is 5.43. The van der Waals surface area contributed by atoms with Crippen molar-refractivity contribution in [2.24, 2.45) is 0 Å². The van der Waals surface area contributed by atoms with Crippen molar-refractivity contribution in [1.82, 2.24) is 5.32 Å². The van der Waals surface area contributed by atoms with Gasteiger partial charge in [0.2, 0.25) is 5.91 Å². The summed E-state index contributed by atoms with van der Waals surface area (Å²) in [7, 11) is 0. The Balaban J connectivity index is 1.78. The maximum Gasteiger partial charge on any atom is 0.258 e. The van der Waals surface area contributed by atoms with Gasteiger partial charge in [-0.2, -0.15) is 0 Å². The Kier molecular flexibility index (Phi) is 6.37. The molecular formula is C19H22N2O3. The van der Waals surface area contributed by atoms with Crippen LogP contribution in [0.1, 0.15) is 25.3 Å². The van der Waals surface area contributed by atoms with Crippen LogP contribution in [0.2, 0.25) is 0 Å². The van der Waals surface area contributed by atoms with Crippen molar-refractivity contribution in [1.29, 1.82) is 0 Å². The molecule has 2 aromatic carbocycles. The normalized spacial score (nSPS) is 10.3. The predicted octanol–water partition coefficient (Wildman–Crippen LogP) is 2.94. The van der Waals surface area contributed by atoms with Crippen LogP contribution in [0.4, 0.5) is 5.69 Å². The summed E-state index contributed by atoms with van der Waals surface area (Å²) >= 11 is 0. The van der Waals surface area contributed by atoms with Crippen LogP contribution >= 0.6 is 0 Å². The number of ether oxygens (including phenoxy) is 1. The second-order valence-corrected chi connectivity index (χ2v) is 5.67. The van der Waals surface area contributed by atoms with E-state index in [-0.39, 0.29) is 25.0 Å². The standard InChI is InChI=1S/C19H22N2O3/c1-14(2)16-10-6-7-11-17(16)21-18(22)12-20-19(23)13-24-15-8-4-3-5-9-15/h3-11,14H,12-13H2,1-2H3,(H,20,23)(H,21,22). The van der Waals surface area contributed by atoms with Crippen LogP contribution in [0.3, 0.4) is 0 Å². The zero-order chi connectivity index (χ0) is 17.4. The van der Waals surface area contributed by atoms with Crippen LogP contribution < -0.4 is 15.4 Å². The van der Waals surface area contributed by atoms with E-state index in [2.05, 4.69) is 24.5 Å². The predicted molar refractivity (Wildman–Crippen MR) is 94.1 cm³/mol. The van der Waals surface area contributed by atoms with Crippen molar-refractivity contribution in [3.63, 3.8) is 0 Å². The van der Waals surface area contributed by atoms with Crippen LogP contribution in [0.15, 0.2) is 54.6 Å². The van der Waals surface area contributed by atoms with Gasteiger partial charge in [-0.05, 0) is 29.7 Å². The van der Waals surface area contributed by atoms with Crippen LogP contribution in [-0.4, -0.2) is 25.0 Å². The molecule has 5 nitrogen and oxygen atoms in total. The van der Waals surface area contributed by atoms with Crippen LogP contribution in [0, 0.1) is 0 Å². The second-order valence-electron chi connectivity index (χ2n) is 5.67. The molecule has 0 saturated heterocycles. The molecule has 0 unspecified atom stereocenters. The Labute approximate surface area is 142 Å². The summed E-state index contributed by atoms with van der Waals surface area (Å²) in [4.78, 5) is 23.7. The summed E-state index contributed by atoms with van der Waals surface area (Å²) in [6.07, 6.45) is 0. The van der Waals surface area contributed by atoms with Crippen molar-refractivity contribution < 1.29 is 14.3 Å². The van der Waals surface area contributed by atoms with Crippen molar-refractivity contribution in [2.75, 3.05) is 18.5 Å². The number of rotatable bonds is 7. The lowest BCUT2D eigenvalue weighted by Crippen LogP contribution is -2.35. The van der Waals surface area contributed by atoms with Gasteiger partial charge in [0.25, 0.3) is 5.91 Å². The average molecular weight is 326 g/mol. The number of amides is 2. The molecule has 0 saturated carbocycles. The number of benzene rings is 2. The first-order valence-electron chi connectivity index (χ1n) is 7.89. The molecule has 126 valence electrons. The van der Waals surface area contributed by atoms with Gasteiger partial charge in [0, 0.05) is 5.69 Å². The fourth-order valence-corrected chi connectivity index (χ4v) is 2.20. The maximum absolute atomic E-state index is 12.0. The highest BCUT2D eigenvalue weighted by Gasteiger charge is 2.10. The quantitative estimate of drug-likeness (QED) is 0.822. The number of carbonyl (C=O) groups is 2. The lowest BCUT2D eigenvalue weighted by Gasteiger charge is -2.14. The first-order valence-corrected chi connectivity index (χ1v) is 7.89. The molecule has 2 aromatic rings. The lowest BCUT2D eigenvalue weighted by molar-refractivity contribution is -0.125. The summed E-state index contributed by atoms with van der Waals surface area (Å²) in [5, 5.41) is 5.37. The highest BCUT2D eigenvalue weighted by Crippen LogP contribution is 2.23. The number of para-hydroxylation sites is 2. The molecule has 0 aliphatic rings. The SMILES string of the molecule is CC(C)c1ccccc1NC(=O)CNC(=O)COc1ccccc1. The molecular weight excluding hydrogens is 304 g/mol. The minimum absolute atomic E-state index is 0.0938. The Bertz CT molecular complexity index is 684. The van der Waals surface area contributed by atoms with Gasteiger partial charge in [-0.15, -0.1) is 0 Å². The Hall–Kier alpha value is -2.82. The molecule has 5 heteroatoms. The molecule has 24 heavy (non-hydrogen) atoms. The van der Waals surface area contributed by atoms with E-state index in [0.29, 0.717) is 11.7 Å². The highest BCUT2D eigenvalue weighted by molar-refractivity contribution is 5.95. The van der Waals surface area contributed by atoms with Crippen LogP contribution in [0.25, 0.3) is 0 Å². The zero-order valence-electron chi connectivity index (χ0n) is 13.9. The number of carbonyl (C=O) groups excluding carboxylic acids is 2. The minimum atomic E-state index is -0.342. The molecule has 2 N–H and O–H groups in total. The summed E-state index contributed by atoms with van der Waals surface area (Å²) in [5.41, 5.74) is 1.83. The van der Waals surface area contributed by atoms with E-state index in [1.807, 2.05) is 42.5 Å². The highest BCUT2D eigenvalue weighted by atomic mass is 16.5. The van der Waals surface area contributed by atoms with E-state index >= 15 is 0 Å². The topological polar surface area (TPSA) is 67.4 Å². The molecule has 0 bridgehead atoms. The van der Waals surface area contributed by atoms with Gasteiger partial charge >= 0.3 is 0 Å². The van der Waals surface area contributed by atoms with Gasteiger partial charge < -0.3 is 15.4 Å². The number of hydrogen-bond acceptors (Lipinski definition) is 3. The molecule has 0 aromatic heterocycles. The molecule has 2 rings (SSSR count). The second kappa shape index (κ2) is 8.72. The van der Waals surface area contributed by atoms with Gasteiger partial charge in [-0.3, -0.25) is 9.59 Å². The van der Waals surface area contributed by atoms with Gasteiger partial charge in [-0.1, -0.05) is 50.2 Å². The summed E-state index contributed by atoms with van der Waals surface area (Å²) in [5.74, 6) is 0.306. The van der Waals surface area contributed by atoms with E-state index < -0.39 is 0 Å². The fourth-order valence-electron chi connectivity index (χ4n) is 2.20. The van der Waals surface area contributed by atoms with E-state index in [9.17, 15) is 9.59 Å². The van der Waals surface area contributed by atoms with E-state index in [4.69, 9.17) is 4.74 Å². The van der Waals surface area contributed by atoms with Crippen LogP contribution in [-0.2, 0) is 9.59 Å². The first kappa shape index (κ1) is 17.5. The monoisotopic (exact) mass is 326 g/mol. The average Bonchev–Trinajstić information content (AvgIpc) is 2.59. The van der Waals surface area contributed by atoms with Gasteiger partial charge in [-0.25, -0.2) is 0 Å². The molecule has 0 aliphatic heterocycles. The molecule has 0 fully saturated rings. The van der Waals surface area contributed by atoms with E-state index in [1.54, 1.807) is 12.1 Å². The van der Waals surface area contributed by atoms with E-state index in [0.717, 1.165) is 11.3 Å². The van der Waals surface area contributed by atoms with Crippen molar-refractivity contribution in [3.8, 4) is 5.75 Å². The third-order valence-electron chi connectivity index (χ3n) is 3.42. The fraction of sp³-hybridized carbons (Fsp3) is 0.263. The maximum atomic E-state index is 12.0. The molecule has 0 atom stereocenters. The Morgan fingerprint density at radius 1 is 0.958 bits per heavy atom. The molecule has 0 aliphatic carbocycles. The largest absolute Gasteiger partial charge is 0.484 e. The smallest absolute Gasteiger partial charge is 0.258 e. The number of anilines is 1. The van der Waals surface area contributed by atoms with Crippen molar-refractivity contribution >= 4 is 17.5 Å². The van der Waals surface area contributed by atoms with Gasteiger partial charge in [0.1, 0.15) is 5.75 Å². The molecule has 2 amide bonds. The van der Waals surface area contributed by atoms with Crippen molar-refractivity contribution in [2.45, 2.75) is 19.8 Å². The third-order valence-corrected chi connectivity index (χ3v) is 3.42. The summed E-state index contributed by atoms with van der Waals surface area (Å²) in [6.45, 7) is 3.91. The minimum Gasteiger partial charge on any atom is -0.484 e. The number of hydrogen-bond donors (Lipinski definition) is 2.